The fourth-order valence-corrected chi connectivity index (χ4v) is 2.77. The van der Waals surface area contributed by atoms with E-state index in [1.54, 1.807) is 4.90 Å². The number of anilines is 2. The van der Waals surface area contributed by atoms with Crippen molar-refractivity contribution in [2.45, 2.75) is 32.0 Å². The molecule has 2 aliphatic rings. The molecule has 1 aromatic carbocycles. The van der Waals surface area contributed by atoms with Crippen molar-refractivity contribution in [2.75, 3.05) is 29.9 Å². The number of benzene rings is 1. The molecule has 2 heterocycles. The molecular weight excluding hydrogens is 254 g/mol. The Bertz CT molecular complexity index is 492. The highest BCUT2D eigenvalue weighted by atomic mass is 16.5. The molecule has 5 nitrogen and oxygen atoms in total. The lowest BCUT2D eigenvalue weighted by Gasteiger charge is -2.17. The van der Waals surface area contributed by atoms with Gasteiger partial charge in [0.1, 0.15) is 0 Å². The number of ether oxygens (including phenoxy) is 1. The van der Waals surface area contributed by atoms with E-state index in [-0.39, 0.29) is 6.03 Å². The number of carbonyl (C=O) groups excluding carboxylic acids is 1. The van der Waals surface area contributed by atoms with Crippen molar-refractivity contribution in [1.82, 2.24) is 5.32 Å². The van der Waals surface area contributed by atoms with E-state index in [1.807, 2.05) is 24.3 Å². The third kappa shape index (κ3) is 2.88. The van der Waals surface area contributed by atoms with Gasteiger partial charge in [-0.25, -0.2) is 4.79 Å². The molecule has 0 spiro atoms. The second-order valence-electron chi connectivity index (χ2n) is 5.46. The Morgan fingerprint density at radius 1 is 1.45 bits per heavy atom. The summed E-state index contributed by atoms with van der Waals surface area (Å²) < 4.78 is 5.79. The van der Waals surface area contributed by atoms with Crippen LogP contribution in [0.5, 0.6) is 0 Å². The van der Waals surface area contributed by atoms with Gasteiger partial charge in [0.2, 0.25) is 0 Å². The molecular formula is C15H21N3O2. The summed E-state index contributed by atoms with van der Waals surface area (Å²) in [5.41, 5.74) is 1.97. The van der Waals surface area contributed by atoms with Crippen LogP contribution in [0.15, 0.2) is 24.3 Å². The van der Waals surface area contributed by atoms with Gasteiger partial charge in [-0.3, -0.25) is 4.90 Å². The molecule has 0 radical (unpaired) electrons. The largest absolute Gasteiger partial charge is 0.382 e. The Hall–Kier alpha value is -1.75. The van der Waals surface area contributed by atoms with Gasteiger partial charge >= 0.3 is 6.03 Å². The maximum absolute atomic E-state index is 11.7. The number of hydrogen-bond donors (Lipinski definition) is 2. The molecule has 108 valence electrons. The van der Waals surface area contributed by atoms with E-state index >= 15 is 0 Å². The van der Waals surface area contributed by atoms with Crippen molar-refractivity contribution >= 4 is 17.4 Å². The molecule has 0 bridgehead atoms. The fourth-order valence-electron chi connectivity index (χ4n) is 2.77. The summed E-state index contributed by atoms with van der Waals surface area (Å²) in [6.07, 6.45) is 2.92. The number of carbonyl (C=O) groups is 1. The highest BCUT2D eigenvalue weighted by molar-refractivity contribution is 5.94. The van der Waals surface area contributed by atoms with E-state index in [4.69, 9.17) is 4.74 Å². The average Bonchev–Trinajstić information content (AvgIpc) is 3.05. The predicted molar refractivity (Wildman–Crippen MR) is 79.2 cm³/mol. The molecule has 0 aromatic heterocycles. The number of hydrogen-bond acceptors (Lipinski definition) is 3. The van der Waals surface area contributed by atoms with Gasteiger partial charge in [0.25, 0.3) is 0 Å². The van der Waals surface area contributed by atoms with E-state index in [2.05, 4.69) is 17.6 Å². The van der Waals surface area contributed by atoms with Gasteiger partial charge in [0.15, 0.2) is 0 Å². The van der Waals surface area contributed by atoms with Crippen LogP contribution < -0.4 is 15.5 Å². The van der Waals surface area contributed by atoms with Crippen LogP contribution in [0.25, 0.3) is 0 Å². The molecule has 2 aliphatic heterocycles. The lowest BCUT2D eigenvalue weighted by Crippen LogP contribution is -2.27. The minimum Gasteiger partial charge on any atom is -0.382 e. The quantitative estimate of drug-likeness (QED) is 0.885. The van der Waals surface area contributed by atoms with Gasteiger partial charge in [-0.1, -0.05) is 6.07 Å². The second-order valence-corrected chi connectivity index (χ2v) is 5.46. The zero-order valence-electron chi connectivity index (χ0n) is 11.8. The van der Waals surface area contributed by atoms with Crippen molar-refractivity contribution in [3.8, 4) is 0 Å². The molecule has 1 aromatic rings. The van der Waals surface area contributed by atoms with Crippen molar-refractivity contribution in [2.24, 2.45) is 0 Å². The summed E-state index contributed by atoms with van der Waals surface area (Å²) in [4.78, 5) is 13.4. The molecule has 2 atom stereocenters. The standard InChI is InChI=1S/C15H21N3O2/c1-11-5-6-14(20-11)10-17-12-3-2-4-13(9-12)18-8-7-16-15(18)19/h2-4,9,11,14,17H,5-8,10H2,1H3,(H,16,19). The molecule has 20 heavy (non-hydrogen) atoms. The normalized spacial score (nSPS) is 25.9. The molecule has 0 saturated carbocycles. The Morgan fingerprint density at radius 2 is 2.35 bits per heavy atom. The summed E-state index contributed by atoms with van der Waals surface area (Å²) in [6, 6.07) is 7.96. The summed E-state index contributed by atoms with van der Waals surface area (Å²) in [7, 11) is 0. The Balaban J connectivity index is 1.61. The third-order valence-electron chi connectivity index (χ3n) is 3.87. The summed E-state index contributed by atoms with van der Waals surface area (Å²) in [5.74, 6) is 0. The summed E-state index contributed by atoms with van der Waals surface area (Å²) >= 11 is 0. The van der Waals surface area contributed by atoms with Crippen molar-refractivity contribution in [3.05, 3.63) is 24.3 Å². The maximum atomic E-state index is 11.7. The highest BCUT2D eigenvalue weighted by Gasteiger charge is 2.22. The maximum Gasteiger partial charge on any atom is 0.321 e. The molecule has 2 fully saturated rings. The van der Waals surface area contributed by atoms with Crippen LogP contribution in [-0.2, 0) is 4.74 Å². The molecule has 3 rings (SSSR count). The van der Waals surface area contributed by atoms with Gasteiger partial charge in [0.05, 0.1) is 12.2 Å². The van der Waals surface area contributed by atoms with Crippen molar-refractivity contribution in [1.29, 1.82) is 0 Å². The molecule has 2 amide bonds. The van der Waals surface area contributed by atoms with E-state index in [1.165, 1.54) is 0 Å². The Labute approximate surface area is 119 Å². The van der Waals surface area contributed by atoms with Gasteiger partial charge in [-0.2, -0.15) is 0 Å². The first-order chi connectivity index (χ1) is 9.72. The van der Waals surface area contributed by atoms with Crippen molar-refractivity contribution < 1.29 is 9.53 Å². The number of nitrogens with zero attached hydrogens (tertiary/aromatic N) is 1. The molecule has 2 saturated heterocycles. The van der Waals surface area contributed by atoms with E-state index in [9.17, 15) is 4.79 Å². The first kappa shape index (κ1) is 13.2. The average molecular weight is 275 g/mol. The number of nitrogens with one attached hydrogen (secondary N) is 2. The number of rotatable bonds is 4. The van der Waals surface area contributed by atoms with Crippen molar-refractivity contribution in [3.63, 3.8) is 0 Å². The summed E-state index contributed by atoms with van der Waals surface area (Å²) in [6.45, 7) is 4.38. The topological polar surface area (TPSA) is 53.6 Å². The molecule has 5 heteroatoms. The van der Waals surface area contributed by atoms with Crippen LogP contribution in [0, 0.1) is 0 Å². The highest BCUT2D eigenvalue weighted by Crippen LogP contribution is 2.23. The Kier molecular flexibility index (Phi) is 3.78. The zero-order chi connectivity index (χ0) is 13.9. The minimum absolute atomic E-state index is 0.0184. The van der Waals surface area contributed by atoms with Gasteiger partial charge in [-0.05, 0) is 38.0 Å². The zero-order valence-corrected chi connectivity index (χ0v) is 11.8. The fraction of sp³-hybridized carbons (Fsp3) is 0.533. The van der Waals surface area contributed by atoms with Gasteiger partial charge < -0.3 is 15.4 Å². The van der Waals surface area contributed by atoms with E-state index in [0.29, 0.717) is 18.8 Å². The van der Waals surface area contributed by atoms with Crippen LogP contribution in [0.1, 0.15) is 19.8 Å². The van der Waals surface area contributed by atoms with Crippen LogP contribution in [0.2, 0.25) is 0 Å². The van der Waals surface area contributed by atoms with E-state index in [0.717, 1.165) is 37.3 Å². The summed E-state index contributed by atoms with van der Waals surface area (Å²) in [5, 5.41) is 6.22. The number of urea groups is 1. The Morgan fingerprint density at radius 3 is 3.05 bits per heavy atom. The smallest absolute Gasteiger partial charge is 0.321 e. The minimum atomic E-state index is -0.0184. The first-order valence-electron chi connectivity index (χ1n) is 7.27. The first-order valence-corrected chi connectivity index (χ1v) is 7.27. The lowest BCUT2D eigenvalue weighted by atomic mass is 10.2. The monoisotopic (exact) mass is 275 g/mol. The van der Waals surface area contributed by atoms with Gasteiger partial charge in [-0.15, -0.1) is 0 Å². The van der Waals surface area contributed by atoms with E-state index < -0.39 is 0 Å². The number of amides is 2. The van der Waals surface area contributed by atoms with Crippen LogP contribution in [0.4, 0.5) is 16.2 Å². The predicted octanol–water partition coefficient (Wildman–Crippen LogP) is 2.20. The molecule has 2 N–H and O–H groups in total. The van der Waals surface area contributed by atoms with Gasteiger partial charge in [0, 0.05) is 31.0 Å². The second kappa shape index (κ2) is 5.71. The molecule has 0 aliphatic carbocycles. The lowest BCUT2D eigenvalue weighted by molar-refractivity contribution is 0.0637. The SMILES string of the molecule is CC1CCC(CNc2cccc(N3CCNC3=O)c2)O1. The molecule has 2 unspecified atom stereocenters. The third-order valence-corrected chi connectivity index (χ3v) is 3.87. The van der Waals surface area contributed by atoms with Crippen LogP contribution in [-0.4, -0.2) is 37.9 Å². The van der Waals surface area contributed by atoms with Crippen LogP contribution >= 0.6 is 0 Å². The van der Waals surface area contributed by atoms with Crippen LogP contribution in [0.3, 0.4) is 0 Å².